The molecule has 6 heteroatoms. The number of rotatable bonds is 6. The number of ether oxygens (including phenoxy) is 1. The first-order valence-corrected chi connectivity index (χ1v) is 7.62. The molecule has 0 aromatic carbocycles. The van der Waals surface area contributed by atoms with Gasteiger partial charge in [-0.05, 0) is 25.7 Å². The van der Waals surface area contributed by atoms with Crippen molar-refractivity contribution in [3.8, 4) is 0 Å². The second-order valence-corrected chi connectivity index (χ2v) is 5.57. The lowest BCUT2D eigenvalue weighted by atomic mass is 10.2. The second kappa shape index (κ2) is 6.98. The van der Waals surface area contributed by atoms with E-state index in [1.165, 1.54) is 11.3 Å². The van der Waals surface area contributed by atoms with Gasteiger partial charge < -0.3 is 15.2 Å². The molecule has 1 fully saturated rings. The van der Waals surface area contributed by atoms with Crippen LogP contribution in [0, 0.1) is 0 Å². The molecule has 106 valence electrons. The normalized spacial score (nSPS) is 20.4. The highest BCUT2D eigenvalue weighted by Crippen LogP contribution is 2.30. The van der Waals surface area contributed by atoms with Crippen molar-refractivity contribution in [3.63, 3.8) is 0 Å². The van der Waals surface area contributed by atoms with Crippen molar-refractivity contribution in [2.24, 2.45) is 0 Å². The zero-order valence-corrected chi connectivity index (χ0v) is 11.9. The van der Waals surface area contributed by atoms with Crippen LogP contribution in [0.5, 0.6) is 0 Å². The van der Waals surface area contributed by atoms with Gasteiger partial charge in [0.15, 0.2) is 0 Å². The van der Waals surface area contributed by atoms with Gasteiger partial charge in [0, 0.05) is 18.5 Å². The van der Waals surface area contributed by atoms with Gasteiger partial charge in [-0.2, -0.15) is 0 Å². The number of hydrogen-bond donors (Lipinski definition) is 2. The second-order valence-electron chi connectivity index (χ2n) is 4.68. The Hall–Kier alpha value is -0.980. The number of thiazole rings is 1. The van der Waals surface area contributed by atoms with E-state index in [1.54, 1.807) is 5.38 Å². The number of carbonyl (C=O) groups excluding carboxylic acids is 1. The van der Waals surface area contributed by atoms with Crippen molar-refractivity contribution < 1.29 is 14.6 Å². The molecule has 2 unspecified atom stereocenters. The molecule has 0 radical (unpaired) electrons. The molecule has 5 nitrogen and oxygen atoms in total. The van der Waals surface area contributed by atoms with Gasteiger partial charge in [-0.15, -0.1) is 11.3 Å². The van der Waals surface area contributed by atoms with Gasteiger partial charge in [0.25, 0.3) is 5.91 Å². The van der Waals surface area contributed by atoms with Crippen LogP contribution in [0.25, 0.3) is 0 Å². The maximum absolute atomic E-state index is 11.9. The van der Waals surface area contributed by atoms with Gasteiger partial charge in [-0.25, -0.2) is 4.98 Å². The monoisotopic (exact) mass is 284 g/mol. The molecule has 1 aromatic heterocycles. The summed E-state index contributed by atoms with van der Waals surface area (Å²) in [4.78, 5) is 16.2. The zero-order valence-electron chi connectivity index (χ0n) is 11.1. The summed E-state index contributed by atoms with van der Waals surface area (Å²) < 4.78 is 5.54. The number of carbonyl (C=O) groups is 1. The maximum Gasteiger partial charge on any atom is 0.270 e. The number of amides is 1. The fourth-order valence-electron chi connectivity index (χ4n) is 1.96. The summed E-state index contributed by atoms with van der Waals surface area (Å²) in [5.74, 6) is -0.177. The van der Waals surface area contributed by atoms with Crippen molar-refractivity contribution in [2.45, 2.75) is 44.8 Å². The molecule has 0 spiro atoms. The van der Waals surface area contributed by atoms with Crippen LogP contribution in [0.2, 0.25) is 0 Å². The fourth-order valence-corrected chi connectivity index (χ4v) is 2.84. The molecular weight excluding hydrogens is 264 g/mol. The molecule has 0 bridgehead atoms. The van der Waals surface area contributed by atoms with E-state index in [9.17, 15) is 9.90 Å². The SMILES string of the molecule is CCC(O)CCNC(=O)c1csc(C2CCCO2)n1. The first kappa shape index (κ1) is 14.4. The summed E-state index contributed by atoms with van der Waals surface area (Å²) in [6.07, 6.45) is 3.03. The molecule has 0 aliphatic carbocycles. The van der Waals surface area contributed by atoms with Crippen LogP contribution in [-0.2, 0) is 4.74 Å². The van der Waals surface area contributed by atoms with Crippen molar-refractivity contribution >= 4 is 17.2 Å². The van der Waals surface area contributed by atoms with Crippen LogP contribution in [0.1, 0.15) is 54.2 Å². The summed E-state index contributed by atoms with van der Waals surface area (Å²) in [6, 6.07) is 0. The van der Waals surface area contributed by atoms with Crippen LogP contribution < -0.4 is 5.32 Å². The third-order valence-corrected chi connectivity index (χ3v) is 4.13. The predicted molar refractivity (Wildman–Crippen MR) is 73.3 cm³/mol. The van der Waals surface area contributed by atoms with E-state index in [-0.39, 0.29) is 18.1 Å². The van der Waals surface area contributed by atoms with Crippen LogP contribution in [0.4, 0.5) is 0 Å². The van der Waals surface area contributed by atoms with Crippen LogP contribution >= 0.6 is 11.3 Å². The van der Waals surface area contributed by atoms with Crippen molar-refractivity contribution in [1.82, 2.24) is 10.3 Å². The number of hydrogen-bond acceptors (Lipinski definition) is 5. The van der Waals surface area contributed by atoms with Gasteiger partial charge in [-0.1, -0.05) is 6.92 Å². The highest BCUT2D eigenvalue weighted by atomic mass is 32.1. The number of aromatic nitrogens is 1. The molecular formula is C13H20N2O3S. The zero-order chi connectivity index (χ0) is 13.7. The van der Waals surface area contributed by atoms with Crippen LogP contribution in [0.15, 0.2) is 5.38 Å². The number of nitrogens with zero attached hydrogens (tertiary/aromatic N) is 1. The molecule has 1 aliphatic rings. The number of aliphatic hydroxyl groups excluding tert-OH is 1. The highest BCUT2D eigenvalue weighted by Gasteiger charge is 2.22. The predicted octanol–water partition coefficient (Wildman–Crippen LogP) is 1.89. The first-order chi connectivity index (χ1) is 9.20. The minimum absolute atomic E-state index is 0.0634. The third-order valence-electron chi connectivity index (χ3n) is 3.19. The Morgan fingerprint density at radius 3 is 3.26 bits per heavy atom. The Balaban J connectivity index is 1.82. The van der Waals surface area contributed by atoms with Gasteiger partial charge in [0.2, 0.25) is 0 Å². The lowest BCUT2D eigenvalue weighted by molar-refractivity contribution is 0.0934. The Bertz CT molecular complexity index is 416. The summed E-state index contributed by atoms with van der Waals surface area (Å²) in [7, 11) is 0. The molecule has 19 heavy (non-hydrogen) atoms. The molecule has 2 N–H and O–H groups in total. The van der Waals surface area contributed by atoms with Crippen LogP contribution in [-0.4, -0.2) is 35.3 Å². The van der Waals surface area contributed by atoms with Crippen molar-refractivity contribution in [3.05, 3.63) is 16.1 Å². The smallest absolute Gasteiger partial charge is 0.270 e. The Morgan fingerprint density at radius 2 is 2.58 bits per heavy atom. The summed E-state index contributed by atoms with van der Waals surface area (Å²) in [6.45, 7) is 3.17. The lowest BCUT2D eigenvalue weighted by Crippen LogP contribution is -2.27. The van der Waals surface area contributed by atoms with Crippen molar-refractivity contribution in [2.75, 3.05) is 13.2 Å². The van der Waals surface area contributed by atoms with Crippen molar-refractivity contribution in [1.29, 1.82) is 0 Å². The Labute approximate surface area is 117 Å². The summed E-state index contributed by atoms with van der Waals surface area (Å²) >= 11 is 1.47. The molecule has 2 rings (SSSR count). The standard InChI is InChI=1S/C13H20N2O3S/c1-2-9(16)5-6-14-12(17)10-8-19-13(15-10)11-4-3-7-18-11/h8-9,11,16H,2-7H2,1H3,(H,14,17). The Kier molecular flexibility index (Phi) is 5.30. The van der Waals surface area contributed by atoms with E-state index >= 15 is 0 Å². The molecule has 0 saturated carbocycles. The maximum atomic E-state index is 11.9. The quantitative estimate of drug-likeness (QED) is 0.836. The minimum Gasteiger partial charge on any atom is -0.393 e. The van der Waals surface area contributed by atoms with E-state index in [4.69, 9.17) is 4.74 Å². The van der Waals surface area contributed by atoms with Gasteiger partial charge in [0.1, 0.15) is 16.8 Å². The van der Waals surface area contributed by atoms with Crippen LogP contribution in [0.3, 0.4) is 0 Å². The molecule has 2 atom stereocenters. The van der Waals surface area contributed by atoms with E-state index in [0.717, 1.165) is 24.5 Å². The first-order valence-electron chi connectivity index (χ1n) is 6.74. The minimum atomic E-state index is -0.349. The molecule has 1 aliphatic heterocycles. The number of aliphatic hydroxyl groups is 1. The number of nitrogens with one attached hydrogen (secondary N) is 1. The Morgan fingerprint density at radius 1 is 1.74 bits per heavy atom. The average molecular weight is 284 g/mol. The van der Waals surface area contributed by atoms with Gasteiger partial charge in [0.05, 0.1) is 6.10 Å². The van der Waals surface area contributed by atoms with E-state index < -0.39 is 0 Å². The van der Waals surface area contributed by atoms with Gasteiger partial charge >= 0.3 is 0 Å². The molecule has 1 saturated heterocycles. The molecule has 1 amide bonds. The van der Waals surface area contributed by atoms with E-state index in [0.29, 0.717) is 25.1 Å². The lowest BCUT2D eigenvalue weighted by Gasteiger charge is -2.07. The topological polar surface area (TPSA) is 71.5 Å². The summed E-state index contributed by atoms with van der Waals surface area (Å²) in [5, 5.41) is 14.8. The fraction of sp³-hybridized carbons (Fsp3) is 0.692. The highest BCUT2D eigenvalue weighted by molar-refractivity contribution is 7.09. The largest absolute Gasteiger partial charge is 0.393 e. The average Bonchev–Trinajstić information content (AvgIpc) is 3.08. The molecule has 2 heterocycles. The van der Waals surface area contributed by atoms with E-state index in [1.807, 2.05) is 6.92 Å². The van der Waals surface area contributed by atoms with E-state index in [2.05, 4.69) is 10.3 Å². The van der Waals surface area contributed by atoms with Gasteiger partial charge in [-0.3, -0.25) is 4.79 Å². The molecule has 1 aromatic rings. The third kappa shape index (κ3) is 3.99. The summed E-state index contributed by atoms with van der Waals surface area (Å²) in [5.41, 5.74) is 0.446.